The fraction of sp³-hybridized carbons (Fsp3) is 0.727. The molecule has 1 rings (SSSR count). The summed E-state index contributed by atoms with van der Waals surface area (Å²) in [5.74, 6) is 0. The van der Waals surface area contributed by atoms with Crippen molar-refractivity contribution in [2.24, 2.45) is 5.10 Å². The van der Waals surface area contributed by atoms with E-state index < -0.39 is 46.8 Å². The molecular formula is C11H19KN2O8S2. The molecule has 1 aliphatic rings. The van der Waals surface area contributed by atoms with Gasteiger partial charge in [0.2, 0.25) is 0 Å². The number of ether oxygens (including phenoxy) is 1. The van der Waals surface area contributed by atoms with Gasteiger partial charge in [0.25, 0.3) is 0 Å². The van der Waals surface area contributed by atoms with Gasteiger partial charge in [0.15, 0.2) is 10.3 Å². The predicted octanol–water partition coefficient (Wildman–Crippen LogP) is -5.15. The van der Waals surface area contributed by atoms with Crippen LogP contribution in [0.1, 0.15) is 12.8 Å². The molecule has 0 bridgehead atoms. The van der Waals surface area contributed by atoms with Crippen molar-refractivity contribution < 1.29 is 89.5 Å². The van der Waals surface area contributed by atoms with Crippen molar-refractivity contribution in [2.45, 2.75) is 42.7 Å². The Hall–Kier alpha value is 0.906. The van der Waals surface area contributed by atoms with Crippen LogP contribution in [0, 0.1) is 0 Å². The van der Waals surface area contributed by atoms with Gasteiger partial charge in [-0.1, -0.05) is 17.8 Å². The fourth-order valence-corrected chi connectivity index (χ4v) is 3.15. The third-order valence-electron chi connectivity index (χ3n) is 2.95. The average molecular weight is 411 g/mol. The first-order valence-electron chi connectivity index (χ1n) is 6.57. The number of aliphatic hydroxyl groups excluding tert-OH is 4. The van der Waals surface area contributed by atoms with E-state index in [4.69, 9.17) is 9.84 Å². The van der Waals surface area contributed by atoms with Gasteiger partial charge in [-0.3, -0.25) is 0 Å². The molecule has 0 aliphatic carbocycles. The van der Waals surface area contributed by atoms with Gasteiger partial charge in [0.1, 0.15) is 29.9 Å². The number of hydrogen-bond acceptors (Lipinski definition) is 10. The minimum Gasteiger partial charge on any atom is -0.730 e. The maximum Gasteiger partial charge on any atom is 1.00 e. The fourth-order valence-electron chi connectivity index (χ4n) is 1.77. The van der Waals surface area contributed by atoms with E-state index in [9.17, 15) is 28.3 Å². The minimum absolute atomic E-state index is 0. The minimum atomic E-state index is -4.79. The molecule has 5 atom stereocenters. The summed E-state index contributed by atoms with van der Waals surface area (Å²) >= 11 is 0.761. The van der Waals surface area contributed by atoms with Crippen LogP contribution in [0.25, 0.3) is 0 Å². The summed E-state index contributed by atoms with van der Waals surface area (Å²) in [6.07, 6.45) is -3.51. The van der Waals surface area contributed by atoms with E-state index in [1.807, 2.05) is 0 Å². The standard InChI is InChI=1S/C11H20N2O8S2.K/c1-2-3-4-7(12-13-23(18,19)20)22-11-10(17)9(16)8(15)6(5-14)21-11;/h2,6,8-11,13-17H,1,3-5H2,(H,18,19,20);/q;+1/p-1/b12-7+;. The van der Waals surface area contributed by atoms with Crippen LogP contribution >= 0.6 is 11.8 Å². The maximum absolute atomic E-state index is 10.6. The summed E-state index contributed by atoms with van der Waals surface area (Å²) < 4.78 is 37.0. The number of aliphatic hydroxyl groups is 4. The van der Waals surface area contributed by atoms with Crippen molar-refractivity contribution in [3.63, 3.8) is 0 Å². The van der Waals surface area contributed by atoms with Crippen LogP contribution in [0.15, 0.2) is 17.8 Å². The SMILES string of the molecule is C=CCC/C(=N\NS(=O)(=O)[O-])SC1OC(CO)C(O)C(O)C1O.[K+]. The van der Waals surface area contributed by atoms with Crippen LogP contribution in [-0.2, 0) is 15.0 Å². The van der Waals surface area contributed by atoms with E-state index >= 15 is 0 Å². The molecule has 0 saturated carbocycles. The molecule has 0 aromatic heterocycles. The summed E-state index contributed by atoms with van der Waals surface area (Å²) in [6.45, 7) is 2.91. The molecule has 13 heteroatoms. The molecule has 134 valence electrons. The van der Waals surface area contributed by atoms with Crippen LogP contribution in [0.5, 0.6) is 0 Å². The first-order chi connectivity index (χ1) is 10.7. The van der Waals surface area contributed by atoms with Gasteiger partial charge in [0, 0.05) is 6.42 Å². The molecule has 0 spiro atoms. The Morgan fingerprint density at radius 2 is 1.96 bits per heavy atom. The number of hydrogen-bond donors (Lipinski definition) is 5. The second kappa shape index (κ2) is 11.6. The van der Waals surface area contributed by atoms with Crippen molar-refractivity contribution >= 4 is 27.1 Å². The summed E-state index contributed by atoms with van der Waals surface area (Å²) in [5.41, 5.74) is -1.12. The molecule has 1 aliphatic heterocycles. The average Bonchev–Trinajstić information content (AvgIpc) is 2.49. The number of nitrogens with one attached hydrogen (secondary N) is 1. The molecule has 0 radical (unpaired) electrons. The van der Waals surface area contributed by atoms with Gasteiger partial charge in [-0.25, -0.2) is 13.2 Å². The Morgan fingerprint density at radius 1 is 1.33 bits per heavy atom. The molecular weight excluding hydrogens is 391 g/mol. The molecule has 1 heterocycles. The second-order valence-corrected chi connectivity index (χ2v) is 6.96. The Kier molecular flexibility index (Phi) is 12.0. The molecule has 24 heavy (non-hydrogen) atoms. The van der Waals surface area contributed by atoms with Crippen molar-refractivity contribution in [3.8, 4) is 0 Å². The first kappa shape index (κ1) is 24.9. The summed E-state index contributed by atoms with van der Waals surface area (Å²) in [4.78, 5) is 1.43. The van der Waals surface area contributed by atoms with Crippen molar-refractivity contribution in [2.75, 3.05) is 6.61 Å². The third-order valence-corrected chi connectivity index (χ3v) is 4.45. The zero-order chi connectivity index (χ0) is 17.6. The van der Waals surface area contributed by atoms with E-state index in [0.29, 0.717) is 6.42 Å². The summed E-state index contributed by atoms with van der Waals surface area (Å²) in [6, 6.07) is 0. The van der Waals surface area contributed by atoms with E-state index in [-0.39, 0.29) is 62.8 Å². The normalized spacial score (nSPS) is 31.2. The van der Waals surface area contributed by atoms with E-state index in [2.05, 4.69) is 11.7 Å². The van der Waals surface area contributed by atoms with Gasteiger partial charge in [0.05, 0.1) is 11.7 Å². The second-order valence-electron chi connectivity index (χ2n) is 4.69. The van der Waals surface area contributed by atoms with E-state index in [1.54, 1.807) is 0 Å². The predicted molar refractivity (Wildman–Crippen MR) is 81.1 cm³/mol. The third kappa shape index (κ3) is 8.07. The van der Waals surface area contributed by atoms with Gasteiger partial charge >= 0.3 is 51.4 Å². The van der Waals surface area contributed by atoms with E-state index in [1.165, 1.54) is 10.9 Å². The smallest absolute Gasteiger partial charge is 0.730 e. The van der Waals surface area contributed by atoms with Crippen molar-refractivity contribution in [1.29, 1.82) is 0 Å². The molecule has 0 aromatic carbocycles. The quantitative estimate of drug-likeness (QED) is 0.0687. The maximum atomic E-state index is 10.6. The van der Waals surface area contributed by atoms with Crippen LogP contribution < -0.4 is 56.2 Å². The number of rotatable bonds is 7. The van der Waals surface area contributed by atoms with Gasteiger partial charge < -0.3 is 29.7 Å². The molecule has 0 aromatic rings. The van der Waals surface area contributed by atoms with Gasteiger partial charge in [-0.2, -0.15) is 5.10 Å². The molecule has 1 saturated heterocycles. The summed E-state index contributed by atoms with van der Waals surface area (Å²) in [5, 5.41) is 41.9. The van der Waals surface area contributed by atoms with Crippen LogP contribution in [0.2, 0.25) is 0 Å². The summed E-state index contributed by atoms with van der Waals surface area (Å²) in [7, 11) is -4.79. The first-order valence-corrected chi connectivity index (χ1v) is 8.85. The topological polar surface area (TPSA) is 172 Å². The van der Waals surface area contributed by atoms with Crippen LogP contribution in [-0.4, -0.2) is 74.9 Å². The Bertz CT molecular complexity index is 530. The van der Waals surface area contributed by atoms with Crippen molar-refractivity contribution in [3.05, 3.63) is 12.7 Å². The molecule has 5 N–H and O–H groups in total. The zero-order valence-corrected chi connectivity index (χ0v) is 17.7. The number of hydrazone groups is 1. The molecule has 10 nitrogen and oxygen atoms in total. The van der Waals surface area contributed by atoms with Gasteiger partial charge in [-0.15, -0.1) is 6.58 Å². The molecule has 1 fully saturated rings. The van der Waals surface area contributed by atoms with E-state index in [0.717, 1.165) is 11.8 Å². The molecule has 0 amide bonds. The van der Waals surface area contributed by atoms with Crippen molar-refractivity contribution in [1.82, 2.24) is 4.83 Å². The van der Waals surface area contributed by atoms with Crippen LogP contribution in [0.4, 0.5) is 0 Å². The number of allylic oxidation sites excluding steroid dienone is 1. The Morgan fingerprint density at radius 3 is 2.46 bits per heavy atom. The monoisotopic (exact) mass is 410 g/mol. The van der Waals surface area contributed by atoms with Crippen LogP contribution in [0.3, 0.4) is 0 Å². The number of nitrogens with zero attached hydrogens (tertiary/aromatic N) is 1. The number of thioether (sulfide) groups is 1. The largest absolute Gasteiger partial charge is 1.00 e. The Labute approximate surface area is 186 Å². The molecule has 5 unspecified atom stereocenters. The van der Waals surface area contributed by atoms with Gasteiger partial charge in [-0.05, 0) is 6.42 Å². The Balaban J connectivity index is 0.00000529. The zero-order valence-electron chi connectivity index (χ0n) is 13.0.